The molecule has 4 rings (SSSR count). The van der Waals surface area contributed by atoms with Gasteiger partial charge in [0, 0.05) is 18.0 Å². The summed E-state index contributed by atoms with van der Waals surface area (Å²) in [5, 5.41) is 27.2. The van der Waals surface area contributed by atoms with Gasteiger partial charge in [-0.15, -0.1) is 5.10 Å². The van der Waals surface area contributed by atoms with Crippen molar-refractivity contribution in [1.29, 1.82) is 5.26 Å². The van der Waals surface area contributed by atoms with Crippen LogP contribution in [0.2, 0.25) is 0 Å². The standard InChI is InChI=1S/C20H26N10O/c1-15-12-18(26-29(15)10-5-9-21)23-20(31)24-19-22-14-28(27-19)13-16-8-11-30(25-16)17-6-3-2-4-7-17/h8,11-12,14,17H,2-7,10,13H2,1H3,(H2,23,24,26,27,31). The smallest absolute Gasteiger partial charge is 0.291 e. The number of urea groups is 1. The molecule has 11 nitrogen and oxygen atoms in total. The normalized spacial score (nSPS) is 14.3. The Morgan fingerprint density at radius 3 is 2.87 bits per heavy atom. The fraction of sp³-hybridized carbons (Fsp3) is 0.500. The maximum absolute atomic E-state index is 12.2. The van der Waals surface area contributed by atoms with Crippen LogP contribution in [-0.4, -0.2) is 40.4 Å². The number of aryl methyl sites for hydroxylation is 2. The van der Waals surface area contributed by atoms with Crippen LogP contribution < -0.4 is 10.6 Å². The number of carbonyl (C=O) groups excluding carboxylic acids is 1. The highest BCUT2D eigenvalue weighted by atomic mass is 16.2. The zero-order chi connectivity index (χ0) is 21.6. The van der Waals surface area contributed by atoms with E-state index >= 15 is 0 Å². The number of rotatable bonds is 7. The average Bonchev–Trinajstić information content (AvgIpc) is 3.48. The molecule has 1 fully saturated rings. The summed E-state index contributed by atoms with van der Waals surface area (Å²) in [5.41, 5.74) is 1.77. The average molecular weight is 422 g/mol. The van der Waals surface area contributed by atoms with Gasteiger partial charge in [0.1, 0.15) is 6.33 Å². The molecule has 0 unspecified atom stereocenters. The third-order valence-electron chi connectivity index (χ3n) is 5.36. The molecule has 0 atom stereocenters. The van der Waals surface area contributed by atoms with Crippen molar-refractivity contribution in [2.45, 2.75) is 64.6 Å². The van der Waals surface area contributed by atoms with Gasteiger partial charge in [0.2, 0.25) is 5.95 Å². The third-order valence-corrected chi connectivity index (χ3v) is 5.36. The lowest BCUT2D eigenvalue weighted by atomic mass is 9.96. The Bertz CT molecular complexity index is 1070. The molecule has 1 saturated carbocycles. The van der Waals surface area contributed by atoms with E-state index in [1.54, 1.807) is 21.8 Å². The van der Waals surface area contributed by atoms with E-state index in [1.807, 2.05) is 19.2 Å². The van der Waals surface area contributed by atoms with Gasteiger partial charge < -0.3 is 0 Å². The second kappa shape index (κ2) is 9.42. The van der Waals surface area contributed by atoms with Gasteiger partial charge in [-0.25, -0.2) is 14.5 Å². The molecule has 0 spiro atoms. The minimum atomic E-state index is -0.482. The van der Waals surface area contributed by atoms with E-state index in [0.29, 0.717) is 31.4 Å². The molecule has 31 heavy (non-hydrogen) atoms. The van der Waals surface area contributed by atoms with Crippen molar-refractivity contribution < 1.29 is 4.79 Å². The Kier molecular flexibility index (Phi) is 6.26. The van der Waals surface area contributed by atoms with Crippen LogP contribution >= 0.6 is 0 Å². The van der Waals surface area contributed by atoms with E-state index in [2.05, 4.69) is 41.7 Å². The van der Waals surface area contributed by atoms with Crippen LogP contribution in [0.4, 0.5) is 16.6 Å². The van der Waals surface area contributed by atoms with Crippen LogP contribution in [0.5, 0.6) is 0 Å². The second-order valence-electron chi connectivity index (χ2n) is 7.73. The zero-order valence-electron chi connectivity index (χ0n) is 17.5. The molecule has 0 radical (unpaired) electrons. The highest BCUT2D eigenvalue weighted by Gasteiger charge is 2.16. The lowest BCUT2D eigenvalue weighted by Crippen LogP contribution is -2.21. The molecular formula is C20H26N10O. The fourth-order valence-electron chi connectivity index (χ4n) is 3.81. The van der Waals surface area contributed by atoms with Crippen molar-refractivity contribution in [3.8, 4) is 6.07 Å². The quantitative estimate of drug-likeness (QED) is 0.601. The van der Waals surface area contributed by atoms with E-state index < -0.39 is 6.03 Å². The highest BCUT2D eigenvalue weighted by Crippen LogP contribution is 2.27. The van der Waals surface area contributed by atoms with Gasteiger partial charge in [-0.05, 0) is 25.8 Å². The Labute approximate surface area is 180 Å². The second-order valence-corrected chi connectivity index (χ2v) is 7.73. The van der Waals surface area contributed by atoms with Crippen molar-refractivity contribution in [3.63, 3.8) is 0 Å². The summed E-state index contributed by atoms with van der Waals surface area (Å²) in [4.78, 5) is 16.4. The van der Waals surface area contributed by atoms with Crippen molar-refractivity contribution in [2.24, 2.45) is 0 Å². The summed E-state index contributed by atoms with van der Waals surface area (Å²) in [6, 6.07) is 5.83. The first-order chi connectivity index (χ1) is 15.1. The van der Waals surface area contributed by atoms with Crippen molar-refractivity contribution in [2.75, 3.05) is 10.6 Å². The fourth-order valence-corrected chi connectivity index (χ4v) is 3.81. The number of nitrogens with zero attached hydrogens (tertiary/aromatic N) is 8. The van der Waals surface area contributed by atoms with Crippen LogP contribution in [0, 0.1) is 18.3 Å². The Morgan fingerprint density at radius 1 is 1.23 bits per heavy atom. The number of hydrogen-bond acceptors (Lipinski definition) is 6. The van der Waals surface area contributed by atoms with Crippen LogP contribution in [0.25, 0.3) is 0 Å². The lowest BCUT2D eigenvalue weighted by molar-refractivity contribution is 0.262. The molecule has 0 saturated heterocycles. The summed E-state index contributed by atoms with van der Waals surface area (Å²) < 4.78 is 5.39. The molecule has 2 N–H and O–H groups in total. The molecule has 3 aromatic heterocycles. The van der Waals surface area contributed by atoms with Crippen molar-refractivity contribution >= 4 is 17.8 Å². The van der Waals surface area contributed by atoms with E-state index in [-0.39, 0.29) is 5.95 Å². The molecule has 3 aromatic rings. The van der Waals surface area contributed by atoms with E-state index in [4.69, 9.17) is 5.26 Å². The molecule has 3 heterocycles. The molecule has 2 amide bonds. The van der Waals surface area contributed by atoms with Crippen LogP contribution in [0.15, 0.2) is 24.7 Å². The number of nitriles is 1. The van der Waals surface area contributed by atoms with Gasteiger partial charge in [0.25, 0.3) is 0 Å². The first-order valence-electron chi connectivity index (χ1n) is 10.5. The summed E-state index contributed by atoms with van der Waals surface area (Å²) in [7, 11) is 0. The van der Waals surface area contributed by atoms with Crippen molar-refractivity contribution in [3.05, 3.63) is 36.0 Å². The van der Waals surface area contributed by atoms with Gasteiger partial charge in [0.15, 0.2) is 5.82 Å². The van der Waals surface area contributed by atoms with E-state index in [9.17, 15) is 4.79 Å². The molecule has 0 bridgehead atoms. The Hall–Kier alpha value is -3.68. The number of nitrogens with one attached hydrogen (secondary N) is 2. The number of carbonyl (C=O) groups is 1. The first-order valence-corrected chi connectivity index (χ1v) is 10.5. The van der Waals surface area contributed by atoms with Gasteiger partial charge in [-0.2, -0.15) is 15.5 Å². The van der Waals surface area contributed by atoms with Gasteiger partial charge in [0.05, 0.1) is 37.3 Å². The largest absolute Gasteiger partial charge is 0.327 e. The summed E-state index contributed by atoms with van der Waals surface area (Å²) in [6.07, 6.45) is 10.2. The molecule has 1 aliphatic carbocycles. The SMILES string of the molecule is Cc1cc(NC(=O)Nc2ncn(Cc3ccn(C4CCCCC4)n3)n2)nn1CCC#N. The number of hydrogen-bond donors (Lipinski definition) is 2. The van der Waals surface area contributed by atoms with Crippen LogP contribution in [-0.2, 0) is 13.1 Å². The predicted octanol–water partition coefficient (Wildman–Crippen LogP) is 3.09. The maximum Gasteiger partial charge on any atom is 0.327 e. The molecule has 1 aliphatic rings. The molecule has 11 heteroatoms. The van der Waals surface area contributed by atoms with E-state index in [1.165, 1.54) is 32.1 Å². The highest BCUT2D eigenvalue weighted by molar-refractivity contribution is 5.97. The molecule has 0 aliphatic heterocycles. The topological polar surface area (TPSA) is 131 Å². The minimum Gasteiger partial charge on any atom is -0.291 e. The third kappa shape index (κ3) is 5.28. The maximum atomic E-state index is 12.2. The lowest BCUT2D eigenvalue weighted by Gasteiger charge is -2.21. The van der Waals surface area contributed by atoms with Gasteiger partial charge in [-0.3, -0.25) is 20.0 Å². The van der Waals surface area contributed by atoms with Gasteiger partial charge >= 0.3 is 6.03 Å². The van der Waals surface area contributed by atoms with E-state index in [0.717, 1.165) is 11.4 Å². The zero-order valence-corrected chi connectivity index (χ0v) is 17.5. The minimum absolute atomic E-state index is 0.199. The number of amides is 2. The summed E-state index contributed by atoms with van der Waals surface area (Å²) in [6.45, 7) is 2.83. The molecule has 0 aromatic carbocycles. The van der Waals surface area contributed by atoms with Crippen LogP contribution in [0.1, 0.15) is 56.0 Å². The van der Waals surface area contributed by atoms with Crippen molar-refractivity contribution in [1.82, 2.24) is 34.3 Å². The summed E-state index contributed by atoms with van der Waals surface area (Å²) >= 11 is 0. The molecule has 162 valence electrons. The predicted molar refractivity (Wildman–Crippen MR) is 113 cm³/mol. The van der Waals surface area contributed by atoms with Gasteiger partial charge in [-0.1, -0.05) is 19.3 Å². The number of anilines is 2. The monoisotopic (exact) mass is 422 g/mol. The Morgan fingerprint density at radius 2 is 2.06 bits per heavy atom. The summed E-state index contributed by atoms with van der Waals surface area (Å²) in [5.74, 6) is 0.602. The Balaban J connectivity index is 1.30. The van der Waals surface area contributed by atoms with Crippen LogP contribution in [0.3, 0.4) is 0 Å². The number of aromatic nitrogens is 7. The molecular weight excluding hydrogens is 396 g/mol. The first kappa shape index (κ1) is 20.6.